The standard InChI is InChI=1S/C24H28N2O3/c1-17-8-7-9-19(16-17)24(13-5-6-14-24)25-22(27)12-15-26-20-10-3-4-11-21(20)29-18(2)23(26)28/h3-4,7-11,16,18H,5-6,12-15H2,1-2H3,(H,25,27)/t18-/m1/s1. The van der Waals surface area contributed by atoms with Crippen LogP contribution in [0, 0.1) is 6.92 Å². The summed E-state index contributed by atoms with van der Waals surface area (Å²) >= 11 is 0. The van der Waals surface area contributed by atoms with Gasteiger partial charge in [0.1, 0.15) is 5.75 Å². The summed E-state index contributed by atoms with van der Waals surface area (Å²) in [5, 5.41) is 3.32. The van der Waals surface area contributed by atoms with E-state index in [9.17, 15) is 9.59 Å². The largest absolute Gasteiger partial charge is 0.479 e. The molecule has 0 saturated heterocycles. The van der Waals surface area contributed by atoms with Gasteiger partial charge in [0.05, 0.1) is 11.2 Å². The third-order valence-corrected chi connectivity index (χ3v) is 6.04. The molecule has 1 N–H and O–H groups in total. The number of para-hydroxylation sites is 2. The number of carbonyl (C=O) groups excluding carboxylic acids is 2. The van der Waals surface area contributed by atoms with Crippen LogP contribution >= 0.6 is 0 Å². The molecule has 152 valence electrons. The Hall–Kier alpha value is -2.82. The van der Waals surface area contributed by atoms with E-state index in [-0.39, 0.29) is 23.8 Å². The van der Waals surface area contributed by atoms with E-state index in [0.29, 0.717) is 12.3 Å². The SMILES string of the molecule is Cc1cccc(C2(NC(=O)CCN3C(=O)[C@@H](C)Oc4ccccc43)CCCC2)c1. The summed E-state index contributed by atoms with van der Waals surface area (Å²) in [5.41, 5.74) is 2.83. The van der Waals surface area contributed by atoms with Crippen LogP contribution in [-0.4, -0.2) is 24.5 Å². The van der Waals surface area contributed by atoms with Crippen molar-refractivity contribution < 1.29 is 14.3 Å². The molecule has 1 atom stereocenters. The second-order valence-corrected chi connectivity index (χ2v) is 8.17. The quantitative estimate of drug-likeness (QED) is 0.834. The lowest BCUT2D eigenvalue weighted by Crippen LogP contribution is -2.48. The average molecular weight is 392 g/mol. The number of fused-ring (bicyclic) bond motifs is 1. The van der Waals surface area contributed by atoms with E-state index in [1.54, 1.807) is 11.8 Å². The van der Waals surface area contributed by atoms with Gasteiger partial charge in [-0.15, -0.1) is 0 Å². The molecule has 2 aromatic rings. The van der Waals surface area contributed by atoms with Gasteiger partial charge >= 0.3 is 0 Å². The third kappa shape index (κ3) is 3.86. The maximum atomic E-state index is 12.9. The van der Waals surface area contributed by atoms with Crippen molar-refractivity contribution >= 4 is 17.5 Å². The molecule has 29 heavy (non-hydrogen) atoms. The van der Waals surface area contributed by atoms with Crippen LogP contribution in [0.25, 0.3) is 0 Å². The molecule has 1 heterocycles. The van der Waals surface area contributed by atoms with Crippen LogP contribution in [-0.2, 0) is 15.1 Å². The first-order valence-electron chi connectivity index (χ1n) is 10.4. The highest BCUT2D eigenvalue weighted by Crippen LogP contribution is 2.39. The van der Waals surface area contributed by atoms with Crippen LogP contribution in [0.3, 0.4) is 0 Å². The summed E-state index contributed by atoms with van der Waals surface area (Å²) in [6.07, 6.45) is 3.86. The zero-order chi connectivity index (χ0) is 20.4. The average Bonchev–Trinajstić information content (AvgIpc) is 3.18. The van der Waals surface area contributed by atoms with Gasteiger partial charge in [0, 0.05) is 13.0 Å². The Balaban J connectivity index is 1.48. The van der Waals surface area contributed by atoms with Crippen molar-refractivity contribution in [3.63, 3.8) is 0 Å². The molecule has 0 radical (unpaired) electrons. The Morgan fingerprint density at radius 2 is 1.93 bits per heavy atom. The molecule has 1 fully saturated rings. The van der Waals surface area contributed by atoms with Gasteiger partial charge in [0.15, 0.2) is 6.10 Å². The molecular weight excluding hydrogens is 364 g/mol. The maximum absolute atomic E-state index is 12.9. The number of hydrogen-bond acceptors (Lipinski definition) is 3. The van der Waals surface area contributed by atoms with Gasteiger partial charge in [-0.2, -0.15) is 0 Å². The minimum absolute atomic E-state index is 0.0159. The first-order chi connectivity index (χ1) is 14.0. The van der Waals surface area contributed by atoms with Crippen molar-refractivity contribution in [2.24, 2.45) is 0 Å². The fourth-order valence-electron chi connectivity index (χ4n) is 4.54. The van der Waals surface area contributed by atoms with Gasteiger partial charge in [0.25, 0.3) is 5.91 Å². The summed E-state index contributed by atoms with van der Waals surface area (Å²) in [5.74, 6) is 0.565. The van der Waals surface area contributed by atoms with E-state index in [0.717, 1.165) is 31.4 Å². The van der Waals surface area contributed by atoms with E-state index < -0.39 is 6.10 Å². The normalized spacial score (nSPS) is 20.1. The molecule has 0 spiro atoms. The second-order valence-electron chi connectivity index (χ2n) is 8.17. The predicted octanol–water partition coefficient (Wildman–Crippen LogP) is 4.08. The molecule has 2 aromatic carbocycles. The first kappa shape index (κ1) is 19.5. The summed E-state index contributed by atoms with van der Waals surface area (Å²) in [7, 11) is 0. The highest BCUT2D eigenvalue weighted by Gasteiger charge is 2.37. The number of carbonyl (C=O) groups is 2. The topological polar surface area (TPSA) is 58.6 Å². The maximum Gasteiger partial charge on any atom is 0.267 e. The van der Waals surface area contributed by atoms with Crippen molar-refractivity contribution in [2.75, 3.05) is 11.4 Å². The molecule has 5 heteroatoms. The van der Waals surface area contributed by atoms with Gasteiger partial charge in [-0.3, -0.25) is 9.59 Å². The monoisotopic (exact) mass is 392 g/mol. The number of amides is 2. The van der Waals surface area contributed by atoms with E-state index in [1.807, 2.05) is 24.3 Å². The van der Waals surface area contributed by atoms with E-state index in [1.165, 1.54) is 11.1 Å². The highest BCUT2D eigenvalue weighted by molar-refractivity contribution is 6.00. The summed E-state index contributed by atoms with van der Waals surface area (Å²) in [4.78, 5) is 27.2. The summed E-state index contributed by atoms with van der Waals surface area (Å²) in [6.45, 7) is 4.17. The summed E-state index contributed by atoms with van der Waals surface area (Å²) in [6, 6.07) is 15.9. The van der Waals surface area contributed by atoms with Gasteiger partial charge in [0.2, 0.25) is 5.91 Å². The number of benzene rings is 2. The van der Waals surface area contributed by atoms with Crippen molar-refractivity contribution in [3.05, 3.63) is 59.7 Å². The number of nitrogens with one attached hydrogen (secondary N) is 1. The van der Waals surface area contributed by atoms with Crippen LogP contribution in [0.2, 0.25) is 0 Å². The van der Waals surface area contributed by atoms with Crippen LogP contribution < -0.4 is 15.0 Å². The van der Waals surface area contributed by atoms with Crippen molar-refractivity contribution in [1.29, 1.82) is 0 Å². The van der Waals surface area contributed by atoms with Crippen LogP contribution in [0.15, 0.2) is 48.5 Å². The number of aryl methyl sites for hydroxylation is 1. The zero-order valence-electron chi connectivity index (χ0n) is 17.1. The molecule has 0 bridgehead atoms. The fraction of sp³-hybridized carbons (Fsp3) is 0.417. The number of anilines is 1. The van der Waals surface area contributed by atoms with Crippen molar-refractivity contribution in [2.45, 2.75) is 57.6 Å². The first-order valence-corrected chi connectivity index (χ1v) is 10.4. The minimum Gasteiger partial charge on any atom is -0.479 e. The molecule has 4 rings (SSSR count). The lowest BCUT2D eigenvalue weighted by molar-refractivity contribution is -0.126. The van der Waals surface area contributed by atoms with Gasteiger partial charge in [-0.25, -0.2) is 0 Å². The van der Waals surface area contributed by atoms with Crippen LogP contribution in [0.1, 0.15) is 50.2 Å². The molecule has 1 saturated carbocycles. The molecule has 0 aromatic heterocycles. The lowest BCUT2D eigenvalue weighted by atomic mass is 9.87. The number of nitrogens with zero attached hydrogens (tertiary/aromatic N) is 1. The Kier molecular flexibility index (Phi) is 5.31. The Bertz CT molecular complexity index is 918. The van der Waals surface area contributed by atoms with E-state index in [2.05, 4.69) is 36.5 Å². The molecule has 2 aliphatic rings. The number of rotatable bonds is 5. The van der Waals surface area contributed by atoms with Crippen LogP contribution in [0.5, 0.6) is 5.75 Å². The smallest absolute Gasteiger partial charge is 0.267 e. The zero-order valence-corrected chi connectivity index (χ0v) is 17.1. The van der Waals surface area contributed by atoms with Gasteiger partial charge in [-0.05, 0) is 44.4 Å². The fourth-order valence-corrected chi connectivity index (χ4v) is 4.54. The third-order valence-electron chi connectivity index (χ3n) is 6.04. The van der Waals surface area contributed by atoms with E-state index in [4.69, 9.17) is 4.74 Å². The predicted molar refractivity (Wildman–Crippen MR) is 113 cm³/mol. The van der Waals surface area contributed by atoms with Gasteiger partial charge in [-0.1, -0.05) is 54.8 Å². The molecule has 0 unspecified atom stereocenters. The second kappa shape index (κ2) is 7.90. The van der Waals surface area contributed by atoms with Crippen LogP contribution in [0.4, 0.5) is 5.69 Å². The minimum atomic E-state index is -0.540. The molecule has 1 aliphatic heterocycles. The molecular formula is C24H28N2O3. The molecule has 1 aliphatic carbocycles. The highest BCUT2D eigenvalue weighted by atomic mass is 16.5. The molecule has 5 nitrogen and oxygen atoms in total. The lowest BCUT2D eigenvalue weighted by Gasteiger charge is -2.34. The Labute approximate surface area is 172 Å². The van der Waals surface area contributed by atoms with E-state index >= 15 is 0 Å². The Morgan fingerprint density at radius 3 is 2.69 bits per heavy atom. The Morgan fingerprint density at radius 1 is 1.17 bits per heavy atom. The van der Waals surface area contributed by atoms with Gasteiger partial charge < -0.3 is 15.0 Å². The number of ether oxygens (including phenoxy) is 1. The van der Waals surface area contributed by atoms with Crippen molar-refractivity contribution in [3.8, 4) is 5.75 Å². The molecule has 2 amide bonds. The number of hydrogen-bond donors (Lipinski definition) is 1. The van der Waals surface area contributed by atoms with Crippen molar-refractivity contribution in [1.82, 2.24) is 5.32 Å². The summed E-state index contributed by atoms with van der Waals surface area (Å²) < 4.78 is 5.68.